The number of benzene rings is 2. The fourth-order valence-electron chi connectivity index (χ4n) is 2.17. The smallest absolute Gasteiger partial charge is 0.338 e. The van der Waals surface area contributed by atoms with Crippen LogP contribution in [0.1, 0.15) is 17.3 Å². The van der Waals surface area contributed by atoms with Crippen molar-refractivity contribution in [1.29, 1.82) is 0 Å². The van der Waals surface area contributed by atoms with E-state index in [2.05, 4.69) is 5.32 Å². The molecule has 0 aliphatic carbocycles. The van der Waals surface area contributed by atoms with Gasteiger partial charge >= 0.3 is 11.7 Å². The molecule has 8 nitrogen and oxygen atoms in total. The summed E-state index contributed by atoms with van der Waals surface area (Å²) in [5.41, 5.74) is 0.321. The van der Waals surface area contributed by atoms with E-state index in [1.807, 2.05) is 25.1 Å². The molecular weight excluding hydrogens is 357 g/mol. The number of nitrogens with zero attached hydrogens (tertiary/aromatic N) is 2. The van der Waals surface area contributed by atoms with Crippen LogP contribution < -0.4 is 10.2 Å². The van der Waals surface area contributed by atoms with Gasteiger partial charge in [-0.15, -0.1) is 0 Å². The van der Waals surface area contributed by atoms with Gasteiger partial charge in [0, 0.05) is 31.5 Å². The molecule has 0 saturated carbocycles. The molecule has 0 unspecified atom stereocenters. The Kier molecular flexibility index (Phi) is 6.07. The van der Waals surface area contributed by atoms with Gasteiger partial charge in [-0.1, -0.05) is 6.07 Å². The first kappa shape index (κ1) is 19.8. The Morgan fingerprint density at radius 1 is 1.22 bits per heavy atom. The molecule has 9 heteroatoms. The zero-order chi connectivity index (χ0) is 20.1. The zero-order valence-corrected chi connectivity index (χ0v) is 14.9. The molecule has 2 aromatic carbocycles. The second kappa shape index (κ2) is 8.26. The number of nitro groups is 1. The van der Waals surface area contributed by atoms with Crippen LogP contribution in [0, 0.1) is 15.9 Å². The molecule has 27 heavy (non-hydrogen) atoms. The number of nitro benzene ring substituents is 1. The average molecular weight is 375 g/mol. The first-order valence-corrected chi connectivity index (χ1v) is 7.92. The van der Waals surface area contributed by atoms with Gasteiger partial charge in [0.2, 0.25) is 5.82 Å². The van der Waals surface area contributed by atoms with Gasteiger partial charge < -0.3 is 15.0 Å². The van der Waals surface area contributed by atoms with Crippen molar-refractivity contribution in [1.82, 2.24) is 0 Å². The molecule has 1 atom stereocenters. The fourth-order valence-corrected chi connectivity index (χ4v) is 2.17. The van der Waals surface area contributed by atoms with E-state index in [9.17, 15) is 24.1 Å². The molecule has 1 amide bonds. The van der Waals surface area contributed by atoms with Crippen LogP contribution in [0.4, 0.5) is 21.5 Å². The molecule has 0 aromatic heterocycles. The molecule has 0 aliphatic heterocycles. The Hall–Kier alpha value is -3.49. The van der Waals surface area contributed by atoms with Gasteiger partial charge in [0.25, 0.3) is 5.91 Å². The summed E-state index contributed by atoms with van der Waals surface area (Å²) in [6.07, 6.45) is -1.16. The van der Waals surface area contributed by atoms with E-state index in [-0.39, 0.29) is 11.3 Å². The lowest BCUT2D eigenvalue weighted by Gasteiger charge is -2.15. The normalized spacial score (nSPS) is 11.4. The molecule has 2 aromatic rings. The summed E-state index contributed by atoms with van der Waals surface area (Å²) in [5, 5.41) is 13.1. The van der Waals surface area contributed by atoms with Crippen LogP contribution in [-0.2, 0) is 9.53 Å². The Balaban J connectivity index is 2.05. The van der Waals surface area contributed by atoms with Crippen LogP contribution in [-0.4, -0.2) is 37.0 Å². The van der Waals surface area contributed by atoms with E-state index in [1.165, 1.54) is 13.0 Å². The standard InChI is InChI=1S/C18H18FN3O5/c1-11(27-18(24)12-5-4-6-14(9-12)21(2)3)17(23)20-13-7-8-15(19)16(10-13)22(25)26/h4-11H,1-3H3,(H,20,23)/t11-/m0/s1. The molecule has 0 saturated heterocycles. The van der Waals surface area contributed by atoms with E-state index in [4.69, 9.17) is 4.74 Å². The topological polar surface area (TPSA) is 102 Å². The number of nitrogens with one attached hydrogen (secondary N) is 1. The summed E-state index contributed by atoms with van der Waals surface area (Å²) in [7, 11) is 3.64. The maximum atomic E-state index is 13.3. The molecule has 0 aliphatic rings. The number of halogens is 1. The highest BCUT2D eigenvalue weighted by molar-refractivity contribution is 5.97. The van der Waals surface area contributed by atoms with E-state index < -0.39 is 34.4 Å². The Bertz CT molecular complexity index is 885. The lowest BCUT2D eigenvalue weighted by molar-refractivity contribution is -0.387. The van der Waals surface area contributed by atoms with Crippen LogP contribution in [0.25, 0.3) is 0 Å². The lowest BCUT2D eigenvalue weighted by atomic mass is 10.2. The van der Waals surface area contributed by atoms with Crippen molar-refractivity contribution in [3.05, 3.63) is 64.0 Å². The number of carbonyl (C=O) groups excluding carboxylic acids is 2. The Labute approximate surface area is 154 Å². The zero-order valence-electron chi connectivity index (χ0n) is 14.9. The number of carbonyl (C=O) groups is 2. The minimum atomic E-state index is -1.16. The summed E-state index contributed by atoms with van der Waals surface area (Å²) in [6.45, 7) is 1.36. The number of hydrogen-bond donors (Lipinski definition) is 1. The van der Waals surface area contributed by atoms with Gasteiger partial charge in [-0.05, 0) is 37.3 Å². The van der Waals surface area contributed by atoms with Crippen LogP contribution >= 0.6 is 0 Å². The van der Waals surface area contributed by atoms with Crippen LogP contribution in [0.15, 0.2) is 42.5 Å². The lowest BCUT2D eigenvalue weighted by Crippen LogP contribution is -2.30. The summed E-state index contributed by atoms with van der Waals surface area (Å²) >= 11 is 0. The van der Waals surface area contributed by atoms with Crippen LogP contribution in [0.5, 0.6) is 0 Å². The molecule has 0 heterocycles. The minimum Gasteiger partial charge on any atom is -0.449 e. The predicted molar refractivity (Wildman–Crippen MR) is 97.3 cm³/mol. The van der Waals surface area contributed by atoms with Crippen molar-refractivity contribution in [2.75, 3.05) is 24.3 Å². The summed E-state index contributed by atoms with van der Waals surface area (Å²) in [4.78, 5) is 36.0. The molecular formula is C18H18FN3O5. The number of hydrogen-bond acceptors (Lipinski definition) is 6. The molecule has 0 bridgehead atoms. The number of amides is 1. The maximum Gasteiger partial charge on any atom is 0.338 e. The minimum absolute atomic E-state index is 0.0191. The second-order valence-corrected chi connectivity index (χ2v) is 5.90. The number of ether oxygens (including phenoxy) is 1. The molecule has 142 valence electrons. The molecule has 0 radical (unpaired) electrons. The molecule has 1 N–H and O–H groups in total. The first-order valence-electron chi connectivity index (χ1n) is 7.92. The van der Waals surface area contributed by atoms with E-state index >= 15 is 0 Å². The highest BCUT2D eigenvalue weighted by atomic mass is 19.1. The number of esters is 1. The summed E-state index contributed by atoms with van der Waals surface area (Å²) < 4.78 is 18.5. The van der Waals surface area contributed by atoms with Crippen molar-refractivity contribution < 1.29 is 23.6 Å². The number of anilines is 2. The van der Waals surface area contributed by atoms with Crippen molar-refractivity contribution in [2.45, 2.75) is 13.0 Å². The molecule has 0 spiro atoms. The molecule has 2 rings (SSSR count). The Morgan fingerprint density at radius 3 is 2.56 bits per heavy atom. The van der Waals surface area contributed by atoms with Crippen molar-refractivity contribution in [2.24, 2.45) is 0 Å². The SMILES string of the molecule is C[C@H](OC(=O)c1cccc(N(C)C)c1)C(=O)Nc1ccc(F)c([N+](=O)[O-])c1. The van der Waals surface area contributed by atoms with Gasteiger partial charge in [-0.3, -0.25) is 14.9 Å². The van der Waals surface area contributed by atoms with Crippen LogP contribution in [0.3, 0.4) is 0 Å². The fraction of sp³-hybridized carbons (Fsp3) is 0.222. The van der Waals surface area contributed by atoms with Crippen molar-refractivity contribution in [3.8, 4) is 0 Å². The van der Waals surface area contributed by atoms with Crippen molar-refractivity contribution >= 4 is 28.9 Å². The Morgan fingerprint density at radius 2 is 1.93 bits per heavy atom. The van der Waals surface area contributed by atoms with E-state index in [1.54, 1.807) is 18.2 Å². The van der Waals surface area contributed by atoms with E-state index in [0.29, 0.717) is 0 Å². The third kappa shape index (κ3) is 5.00. The highest BCUT2D eigenvalue weighted by Gasteiger charge is 2.21. The third-order valence-electron chi connectivity index (χ3n) is 3.66. The van der Waals surface area contributed by atoms with Crippen LogP contribution in [0.2, 0.25) is 0 Å². The highest BCUT2D eigenvalue weighted by Crippen LogP contribution is 2.22. The van der Waals surface area contributed by atoms with E-state index in [0.717, 1.165) is 17.8 Å². The molecule has 0 fully saturated rings. The van der Waals surface area contributed by atoms with Gasteiger partial charge in [0.1, 0.15) is 0 Å². The number of rotatable bonds is 6. The van der Waals surface area contributed by atoms with Crippen molar-refractivity contribution in [3.63, 3.8) is 0 Å². The van der Waals surface area contributed by atoms with Gasteiger partial charge in [-0.2, -0.15) is 4.39 Å². The van der Waals surface area contributed by atoms with Gasteiger partial charge in [0.05, 0.1) is 10.5 Å². The maximum absolute atomic E-state index is 13.3. The first-order chi connectivity index (χ1) is 12.7. The van der Waals surface area contributed by atoms with Gasteiger partial charge in [0.15, 0.2) is 6.10 Å². The summed E-state index contributed by atoms with van der Waals surface area (Å²) in [5.74, 6) is -2.40. The summed E-state index contributed by atoms with van der Waals surface area (Å²) in [6, 6.07) is 9.62. The average Bonchev–Trinajstić information content (AvgIpc) is 2.62. The third-order valence-corrected chi connectivity index (χ3v) is 3.66. The second-order valence-electron chi connectivity index (χ2n) is 5.90. The monoisotopic (exact) mass is 375 g/mol. The largest absolute Gasteiger partial charge is 0.449 e. The van der Waals surface area contributed by atoms with Gasteiger partial charge in [-0.25, -0.2) is 4.79 Å². The predicted octanol–water partition coefficient (Wildman–Crippen LogP) is 2.98. The quantitative estimate of drug-likeness (QED) is 0.473.